The van der Waals surface area contributed by atoms with Crippen LogP contribution < -0.4 is 10.2 Å². The van der Waals surface area contributed by atoms with Crippen molar-refractivity contribution in [3.05, 3.63) is 29.3 Å². The molecule has 116 valence electrons. The Morgan fingerprint density at radius 3 is 2.24 bits per heavy atom. The molecular weight excluding hydrogens is 264 g/mol. The molecular formula is C17H26N2O2. The van der Waals surface area contributed by atoms with Crippen molar-refractivity contribution in [1.82, 2.24) is 5.32 Å². The van der Waals surface area contributed by atoms with Gasteiger partial charge in [0, 0.05) is 19.2 Å². The molecule has 0 aliphatic rings. The van der Waals surface area contributed by atoms with E-state index in [0.29, 0.717) is 6.54 Å². The van der Waals surface area contributed by atoms with Gasteiger partial charge in [0.05, 0.1) is 0 Å². The molecule has 1 aromatic carbocycles. The molecule has 2 amide bonds. The predicted molar refractivity (Wildman–Crippen MR) is 86.5 cm³/mol. The number of unbranched alkanes of at least 4 members (excludes halogenated alkanes) is 2. The van der Waals surface area contributed by atoms with Gasteiger partial charge in [0.2, 0.25) is 11.8 Å². The van der Waals surface area contributed by atoms with Gasteiger partial charge >= 0.3 is 0 Å². The summed E-state index contributed by atoms with van der Waals surface area (Å²) in [5.41, 5.74) is 2.95. The Balaban J connectivity index is 2.69. The monoisotopic (exact) mass is 290 g/mol. The Morgan fingerprint density at radius 2 is 1.71 bits per heavy atom. The van der Waals surface area contributed by atoms with Crippen LogP contribution in [-0.4, -0.2) is 24.9 Å². The van der Waals surface area contributed by atoms with Gasteiger partial charge in [0.15, 0.2) is 0 Å². The van der Waals surface area contributed by atoms with E-state index in [1.807, 2.05) is 32.0 Å². The summed E-state index contributed by atoms with van der Waals surface area (Å²) in [4.78, 5) is 25.3. The van der Waals surface area contributed by atoms with E-state index in [2.05, 4.69) is 12.2 Å². The van der Waals surface area contributed by atoms with E-state index in [1.165, 1.54) is 11.8 Å². The highest BCUT2D eigenvalue weighted by Gasteiger charge is 2.16. The van der Waals surface area contributed by atoms with Crippen LogP contribution in [0.25, 0.3) is 0 Å². The Labute approximate surface area is 127 Å². The van der Waals surface area contributed by atoms with Crippen molar-refractivity contribution in [1.29, 1.82) is 0 Å². The molecule has 1 rings (SSSR count). The lowest BCUT2D eigenvalue weighted by molar-refractivity contribution is -0.123. The van der Waals surface area contributed by atoms with Gasteiger partial charge in [-0.2, -0.15) is 0 Å². The normalized spacial score (nSPS) is 10.3. The molecule has 0 spiro atoms. The van der Waals surface area contributed by atoms with Crippen LogP contribution in [-0.2, 0) is 9.59 Å². The van der Waals surface area contributed by atoms with Crippen molar-refractivity contribution < 1.29 is 9.59 Å². The fourth-order valence-electron chi connectivity index (χ4n) is 2.29. The quantitative estimate of drug-likeness (QED) is 0.785. The third-order valence-corrected chi connectivity index (χ3v) is 3.30. The molecule has 0 radical (unpaired) electrons. The zero-order chi connectivity index (χ0) is 15.8. The number of nitrogens with zero attached hydrogens (tertiary/aromatic N) is 1. The Kier molecular flexibility index (Phi) is 6.92. The zero-order valence-corrected chi connectivity index (χ0v) is 13.5. The fraction of sp³-hybridized carbons (Fsp3) is 0.529. The lowest BCUT2D eigenvalue weighted by Gasteiger charge is -2.21. The van der Waals surface area contributed by atoms with Crippen LogP contribution in [0.5, 0.6) is 0 Å². The van der Waals surface area contributed by atoms with Gasteiger partial charge in [0.1, 0.15) is 6.54 Å². The molecule has 0 fully saturated rings. The van der Waals surface area contributed by atoms with E-state index in [0.717, 1.165) is 36.1 Å². The average Bonchev–Trinajstić information content (AvgIpc) is 2.39. The van der Waals surface area contributed by atoms with E-state index in [-0.39, 0.29) is 18.4 Å². The minimum absolute atomic E-state index is 0.0738. The first-order valence-electron chi connectivity index (χ1n) is 7.57. The van der Waals surface area contributed by atoms with Crippen LogP contribution in [0, 0.1) is 13.8 Å². The second-order valence-electron chi connectivity index (χ2n) is 5.51. The minimum Gasteiger partial charge on any atom is -0.355 e. The minimum atomic E-state index is -0.122. The highest BCUT2D eigenvalue weighted by Crippen LogP contribution is 2.18. The summed E-state index contributed by atoms with van der Waals surface area (Å²) in [7, 11) is 0. The van der Waals surface area contributed by atoms with Crippen molar-refractivity contribution in [2.24, 2.45) is 0 Å². The molecule has 1 N–H and O–H groups in total. The van der Waals surface area contributed by atoms with Crippen LogP contribution in [0.2, 0.25) is 0 Å². The molecule has 0 saturated heterocycles. The van der Waals surface area contributed by atoms with Crippen LogP contribution in [0.4, 0.5) is 5.69 Å². The van der Waals surface area contributed by atoms with E-state index in [9.17, 15) is 9.59 Å². The van der Waals surface area contributed by atoms with Gasteiger partial charge in [-0.3, -0.25) is 9.59 Å². The number of carbonyl (C=O) groups excluding carboxylic acids is 2. The Morgan fingerprint density at radius 1 is 1.10 bits per heavy atom. The summed E-state index contributed by atoms with van der Waals surface area (Å²) in [6.07, 6.45) is 3.21. The Bertz CT molecular complexity index is 477. The second kappa shape index (κ2) is 8.45. The molecule has 0 aliphatic heterocycles. The van der Waals surface area contributed by atoms with Crippen molar-refractivity contribution in [2.75, 3.05) is 18.0 Å². The molecule has 4 nitrogen and oxygen atoms in total. The number of anilines is 1. The average molecular weight is 290 g/mol. The van der Waals surface area contributed by atoms with Crippen molar-refractivity contribution in [3.8, 4) is 0 Å². The number of rotatable bonds is 7. The number of amides is 2. The number of aryl methyl sites for hydroxylation is 2. The van der Waals surface area contributed by atoms with E-state index >= 15 is 0 Å². The summed E-state index contributed by atoms with van der Waals surface area (Å²) in [5.74, 6) is -0.232. The maximum Gasteiger partial charge on any atom is 0.240 e. The van der Waals surface area contributed by atoms with Crippen molar-refractivity contribution in [3.63, 3.8) is 0 Å². The largest absolute Gasteiger partial charge is 0.355 e. The first-order valence-corrected chi connectivity index (χ1v) is 7.57. The lowest BCUT2D eigenvalue weighted by Crippen LogP contribution is -2.40. The predicted octanol–water partition coefficient (Wildman–Crippen LogP) is 2.96. The summed E-state index contributed by atoms with van der Waals surface area (Å²) in [6, 6.07) is 5.91. The van der Waals surface area contributed by atoms with Gasteiger partial charge in [-0.05, 0) is 43.5 Å². The van der Waals surface area contributed by atoms with Gasteiger partial charge in [0.25, 0.3) is 0 Å². The summed E-state index contributed by atoms with van der Waals surface area (Å²) in [6.45, 7) is 8.33. The van der Waals surface area contributed by atoms with Gasteiger partial charge in [-0.25, -0.2) is 0 Å². The highest BCUT2D eigenvalue weighted by molar-refractivity contribution is 5.97. The number of carbonyl (C=O) groups is 2. The zero-order valence-electron chi connectivity index (χ0n) is 13.5. The number of nitrogens with one attached hydrogen (secondary N) is 1. The summed E-state index contributed by atoms with van der Waals surface area (Å²) >= 11 is 0. The molecule has 0 aromatic heterocycles. The first kappa shape index (κ1) is 17.2. The maximum atomic E-state index is 12.0. The molecule has 1 aromatic rings. The van der Waals surface area contributed by atoms with E-state index in [4.69, 9.17) is 0 Å². The van der Waals surface area contributed by atoms with E-state index in [1.54, 1.807) is 0 Å². The third kappa shape index (κ3) is 5.98. The van der Waals surface area contributed by atoms with Crippen LogP contribution in [0.15, 0.2) is 18.2 Å². The van der Waals surface area contributed by atoms with Gasteiger partial charge < -0.3 is 10.2 Å². The topological polar surface area (TPSA) is 49.4 Å². The summed E-state index contributed by atoms with van der Waals surface area (Å²) in [5, 5.41) is 2.87. The Hall–Kier alpha value is -1.84. The summed E-state index contributed by atoms with van der Waals surface area (Å²) < 4.78 is 0. The second-order valence-corrected chi connectivity index (χ2v) is 5.51. The number of benzene rings is 1. The molecule has 0 aliphatic carbocycles. The van der Waals surface area contributed by atoms with Gasteiger partial charge in [-0.15, -0.1) is 0 Å². The smallest absolute Gasteiger partial charge is 0.240 e. The van der Waals surface area contributed by atoms with Gasteiger partial charge in [-0.1, -0.05) is 25.8 Å². The molecule has 0 saturated carbocycles. The fourth-order valence-corrected chi connectivity index (χ4v) is 2.29. The molecule has 21 heavy (non-hydrogen) atoms. The third-order valence-electron chi connectivity index (χ3n) is 3.30. The molecule has 0 atom stereocenters. The van der Waals surface area contributed by atoms with Crippen LogP contribution >= 0.6 is 0 Å². The van der Waals surface area contributed by atoms with E-state index < -0.39 is 0 Å². The van der Waals surface area contributed by atoms with Crippen LogP contribution in [0.3, 0.4) is 0 Å². The lowest BCUT2D eigenvalue weighted by atomic mass is 10.1. The number of hydrogen-bond donors (Lipinski definition) is 1. The van der Waals surface area contributed by atoms with Crippen molar-refractivity contribution in [2.45, 2.75) is 47.0 Å². The molecule has 0 heterocycles. The maximum absolute atomic E-state index is 12.0. The van der Waals surface area contributed by atoms with Crippen LogP contribution in [0.1, 0.15) is 44.2 Å². The molecule has 4 heteroatoms. The molecule has 0 bridgehead atoms. The molecule has 0 unspecified atom stereocenters. The number of hydrogen-bond acceptors (Lipinski definition) is 2. The van der Waals surface area contributed by atoms with Crippen molar-refractivity contribution >= 4 is 17.5 Å². The standard InChI is InChI=1S/C17H26N2O2/c1-5-6-7-8-18-17(21)12-19(15(4)20)16-10-13(2)9-14(3)11-16/h9-11H,5-8,12H2,1-4H3,(H,18,21). The SMILES string of the molecule is CCCCCNC(=O)CN(C(C)=O)c1cc(C)cc(C)c1. The highest BCUT2D eigenvalue weighted by atomic mass is 16.2. The first-order chi connectivity index (χ1) is 9.93.